The van der Waals surface area contributed by atoms with Crippen LogP contribution in [-0.2, 0) is 0 Å². The minimum atomic E-state index is -1.35. The largest absolute Gasteiger partial charge is 0.0822 e. The minimum Gasteiger partial charge on any atom is -0.0822 e. The van der Waals surface area contributed by atoms with Gasteiger partial charge in [0.1, 0.15) is 0 Å². The molecule has 0 N–H and O–H groups in total. The molecular weight excluding hydrogens is 235 g/mol. The molecule has 0 spiro atoms. The van der Waals surface area contributed by atoms with Crippen LogP contribution in [0.2, 0.25) is 0 Å². The zero-order valence-electron chi connectivity index (χ0n) is 13.8. The molecule has 1 aliphatic carbocycles. The standard InChI is InChI=1S/C17H31P/c1-15(2,3)18(16(4,5)6,17(7,8)9)14-12-10-11-13-14/h10-13H,1-9H3. The summed E-state index contributed by atoms with van der Waals surface area (Å²) in [5.41, 5.74) is 0. The fourth-order valence-corrected chi connectivity index (χ4v) is 13.7. The molecule has 0 amide bonds. The summed E-state index contributed by atoms with van der Waals surface area (Å²) in [6, 6.07) is 0. The van der Waals surface area contributed by atoms with Crippen LogP contribution in [0.15, 0.2) is 24.3 Å². The summed E-state index contributed by atoms with van der Waals surface area (Å²) < 4.78 is 0. The summed E-state index contributed by atoms with van der Waals surface area (Å²) in [4.78, 5) is 0. The van der Waals surface area contributed by atoms with Gasteiger partial charge in [-0.3, -0.25) is 0 Å². The number of allylic oxidation sites excluding steroid dienone is 4. The number of hydrogen-bond acceptors (Lipinski definition) is 0. The zero-order valence-corrected chi connectivity index (χ0v) is 14.7. The van der Waals surface area contributed by atoms with Gasteiger partial charge in [0.05, 0.1) is 0 Å². The van der Waals surface area contributed by atoms with E-state index >= 15 is 0 Å². The molecule has 1 aliphatic rings. The van der Waals surface area contributed by atoms with Gasteiger partial charge in [-0.25, -0.2) is 0 Å². The second-order valence-electron chi connectivity index (χ2n) is 8.33. The molecule has 0 nitrogen and oxygen atoms in total. The SMILES string of the molecule is CC(C)(C)P(=C1C=CC=C1)(C(C)(C)C)C(C)(C)C. The van der Waals surface area contributed by atoms with E-state index in [1.165, 1.54) is 0 Å². The highest BCUT2D eigenvalue weighted by atomic mass is 31.2. The summed E-state index contributed by atoms with van der Waals surface area (Å²) >= 11 is 0. The number of rotatable bonds is 0. The Morgan fingerprint density at radius 3 is 1.11 bits per heavy atom. The van der Waals surface area contributed by atoms with E-state index in [1.807, 2.05) is 0 Å². The smallest absolute Gasteiger partial charge is 0.0166 e. The molecule has 0 heterocycles. The van der Waals surface area contributed by atoms with Gasteiger partial charge in [-0.05, 0) is 20.8 Å². The third-order valence-electron chi connectivity index (χ3n) is 4.05. The van der Waals surface area contributed by atoms with Crippen molar-refractivity contribution in [2.45, 2.75) is 77.8 Å². The fraction of sp³-hybridized carbons (Fsp3) is 0.706. The van der Waals surface area contributed by atoms with Crippen LogP contribution in [0.4, 0.5) is 0 Å². The molecule has 18 heavy (non-hydrogen) atoms. The molecule has 0 aromatic carbocycles. The number of hydrogen-bond donors (Lipinski definition) is 0. The molecule has 0 aromatic rings. The molecule has 0 unspecified atom stereocenters. The lowest BCUT2D eigenvalue weighted by atomic mass is 10.2. The third-order valence-corrected chi connectivity index (χ3v) is 11.2. The second-order valence-corrected chi connectivity index (χ2v) is 14.2. The van der Waals surface area contributed by atoms with Crippen molar-refractivity contribution in [2.24, 2.45) is 0 Å². The van der Waals surface area contributed by atoms with Gasteiger partial charge in [-0.1, -0.05) is 93.5 Å². The van der Waals surface area contributed by atoms with Crippen molar-refractivity contribution in [3.63, 3.8) is 0 Å². The highest BCUT2D eigenvalue weighted by Crippen LogP contribution is 2.76. The quantitative estimate of drug-likeness (QED) is 0.493. The van der Waals surface area contributed by atoms with Crippen molar-refractivity contribution in [2.75, 3.05) is 0 Å². The van der Waals surface area contributed by atoms with Crippen molar-refractivity contribution in [1.82, 2.24) is 0 Å². The van der Waals surface area contributed by atoms with Gasteiger partial charge in [0.15, 0.2) is 0 Å². The Balaban J connectivity index is 3.89. The van der Waals surface area contributed by atoms with Crippen LogP contribution in [0.25, 0.3) is 0 Å². The summed E-state index contributed by atoms with van der Waals surface area (Å²) in [6.45, 7) is 20.6. The molecule has 0 bridgehead atoms. The van der Waals surface area contributed by atoms with Gasteiger partial charge in [0.25, 0.3) is 0 Å². The Bertz CT molecular complexity index is 369. The fourth-order valence-electron chi connectivity index (χ4n) is 4.77. The van der Waals surface area contributed by atoms with E-state index < -0.39 is 6.89 Å². The average Bonchev–Trinajstić information content (AvgIpc) is 2.48. The molecule has 1 heteroatoms. The van der Waals surface area contributed by atoms with Crippen LogP contribution in [0.5, 0.6) is 0 Å². The van der Waals surface area contributed by atoms with Crippen molar-refractivity contribution in [3.05, 3.63) is 24.3 Å². The molecule has 0 saturated carbocycles. The van der Waals surface area contributed by atoms with Crippen LogP contribution in [0.1, 0.15) is 62.3 Å². The van der Waals surface area contributed by atoms with E-state index in [0.717, 1.165) is 0 Å². The van der Waals surface area contributed by atoms with E-state index in [0.29, 0.717) is 15.5 Å². The maximum absolute atomic E-state index is 2.43. The van der Waals surface area contributed by atoms with E-state index in [1.54, 1.807) is 5.29 Å². The Hall–Kier alpha value is -0.220. The maximum Gasteiger partial charge on any atom is -0.0166 e. The third kappa shape index (κ3) is 2.18. The molecule has 0 saturated heterocycles. The van der Waals surface area contributed by atoms with Crippen LogP contribution < -0.4 is 0 Å². The van der Waals surface area contributed by atoms with Gasteiger partial charge < -0.3 is 0 Å². The van der Waals surface area contributed by atoms with Crippen molar-refractivity contribution < 1.29 is 0 Å². The van der Waals surface area contributed by atoms with Crippen LogP contribution in [-0.4, -0.2) is 20.8 Å². The molecule has 0 radical (unpaired) electrons. The summed E-state index contributed by atoms with van der Waals surface area (Å²) in [6.07, 6.45) is 9.12. The summed E-state index contributed by atoms with van der Waals surface area (Å²) in [5.74, 6) is 0. The van der Waals surface area contributed by atoms with Crippen LogP contribution in [0, 0.1) is 0 Å². The Kier molecular flexibility index (Phi) is 3.88. The molecule has 0 fully saturated rings. The highest BCUT2D eigenvalue weighted by molar-refractivity contribution is 7.80. The van der Waals surface area contributed by atoms with Gasteiger partial charge in [0.2, 0.25) is 0 Å². The first kappa shape index (κ1) is 15.8. The molecule has 1 rings (SSSR count). The summed E-state index contributed by atoms with van der Waals surface area (Å²) in [5, 5.41) is 2.54. The first-order valence-corrected chi connectivity index (χ1v) is 8.76. The van der Waals surface area contributed by atoms with Gasteiger partial charge in [-0.15, -0.1) is 0 Å². The van der Waals surface area contributed by atoms with E-state index in [2.05, 4.69) is 86.6 Å². The van der Waals surface area contributed by atoms with Crippen LogP contribution >= 0.6 is 6.89 Å². The molecule has 104 valence electrons. The highest BCUT2D eigenvalue weighted by Gasteiger charge is 2.50. The predicted molar refractivity (Wildman–Crippen MR) is 89.5 cm³/mol. The second kappa shape index (κ2) is 4.41. The van der Waals surface area contributed by atoms with E-state index in [9.17, 15) is 0 Å². The van der Waals surface area contributed by atoms with Gasteiger partial charge >= 0.3 is 0 Å². The van der Waals surface area contributed by atoms with Crippen molar-refractivity contribution in [1.29, 1.82) is 0 Å². The molecule has 0 atom stereocenters. The molecule has 0 aromatic heterocycles. The Morgan fingerprint density at radius 2 is 0.889 bits per heavy atom. The Labute approximate surface area is 115 Å². The normalized spacial score (nSPS) is 17.7. The van der Waals surface area contributed by atoms with Crippen LogP contribution in [0.3, 0.4) is 0 Å². The van der Waals surface area contributed by atoms with Gasteiger partial charge in [-0.2, -0.15) is 0 Å². The van der Waals surface area contributed by atoms with Crippen molar-refractivity contribution in [3.8, 4) is 0 Å². The topological polar surface area (TPSA) is 0 Å². The van der Waals surface area contributed by atoms with Gasteiger partial charge in [0, 0.05) is 0 Å². The maximum atomic E-state index is 2.43. The lowest BCUT2D eigenvalue weighted by Crippen LogP contribution is -2.41. The predicted octanol–water partition coefficient (Wildman–Crippen LogP) is 5.70. The minimum absolute atomic E-state index is 0.317. The lowest BCUT2D eigenvalue weighted by molar-refractivity contribution is 0.638. The zero-order chi connectivity index (χ0) is 14.4. The first-order chi connectivity index (χ1) is 7.86. The lowest BCUT2D eigenvalue weighted by Gasteiger charge is -2.57. The van der Waals surface area contributed by atoms with E-state index in [-0.39, 0.29) is 0 Å². The first-order valence-electron chi connectivity index (χ1n) is 6.97. The van der Waals surface area contributed by atoms with E-state index in [4.69, 9.17) is 0 Å². The average molecular weight is 266 g/mol. The molecule has 0 aliphatic heterocycles. The molecular formula is C17H31P. The Morgan fingerprint density at radius 1 is 0.611 bits per heavy atom. The summed E-state index contributed by atoms with van der Waals surface area (Å²) in [7, 11) is 0. The monoisotopic (exact) mass is 266 g/mol. The van der Waals surface area contributed by atoms with Crippen molar-refractivity contribution >= 4 is 12.2 Å².